The molecule has 6 heteroatoms. The Morgan fingerprint density at radius 1 is 1.50 bits per heavy atom. The Kier molecular flexibility index (Phi) is 2.77. The van der Waals surface area contributed by atoms with Crippen LogP contribution in [0.1, 0.15) is 13.8 Å². The van der Waals surface area contributed by atoms with E-state index in [-0.39, 0.29) is 6.54 Å². The molecular weight excluding hydrogens is 188 g/mol. The molecule has 0 aromatic rings. The molecule has 1 aliphatic rings. The zero-order chi connectivity index (χ0) is 10.9. The molecule has 14 heavy (non-hydrogen) atoms. The number of aliphatic hydroxyl groups excluding tert-OH is 2. The van der Waals surface area contributed by atoms with Crippen molar-refractivity contribution in [2.45, 2.75) is 25.5 Å². The van der Waals surface area contributed by atoms with Crippen LogP contribution in [-0.4, -0.2) is 51.8 Å². The van der Waals surface area contributed by atoms with Crippen LogP contribution in [0.15, 0.2) is 0 Å². The van der Waals surface area contributed by atoms with E-state index in [4.69, 9.17) is 10.2 Å². The van der Waals surface area contributed by atoms with Crippen LogP contribution in [-0.2, 0) is 4.79 Å². The van der Waals surface area contributed by atoms with Crippen LogP contribution in [0, 0.1) is 0 Å². The Labute approximate surface area is 81.5 Å². The Morgan fingerprint density at radius 3 is 2.43 bits per heavy atom. The fourth-order valence-electron chi connectivity index (χ4n) is 1.25. The smallest absolute Gasteiger partial charge is 0.325 e. The highest BCUT2D eigenvalue weighted by atomic mass is 16.3. The molecule has 0 saturated carbocycles. The third-order valence-electron chi connectivity index (χ3n) is 2.05. The van der Waals surface area contributed by atoms with Gasteiger partial charge in [-0.15, -0.1) is 0 Å². The maximum Gasteiger partial charge on any atom is 0.325 e. The molecule has 0 bridgehead atoms. The van der Waals surface area contributed by atoms with E-state index in [0.29, 0.717) is 0 Å². The number of β-amino-alcohol motifs (C(OH)–C–C–N with tert-alkyl or cyclic N) is 1. The number of hydrogen-bond donors (Lipinski definition) is 3. The average molecular weight is 202 g/mol. The van der Waals surface area contributed by atoms with Crippen molar-refractivity contribution in [1.29, 1.82) is 0 Å². The number of amides is 3. The average Bonchev–Trinajstić information content (AvgIpc) is 2.28. The second-order valence-electron chi connectivity index (χ2n) is 3.81. The molecule has 6 nitrogen and oxygen atoms in total. The van der Waals surface area contributed by atoms with Crippen molar-refractivity contribution >= 4 is 11.9 Å². The molecule has 1 unspecified atom stereocenters. The summed E-state index contributed by atoms with van der Waals surface area (Å²) in [6.45, 7) is 2.51. The third-order valence-corrected chi connectivity index (χ3v) is 2.05. The van der Waals surface area contributed by atoms with Crippen LogP contribution < -0.4 is 5.32 Å². The van der Waals surface area contributed by atoms with Crippen LogP contribution in [0.5, 0.6) is 0 Å². The van der Waals surface area contributed by atoms with Gasteiger partial charge in [0.1, 0.15) is 5.54 Å². The SMILES string of the molecule is CC1(C)NC(=O)N(CC(O)CO)C1=O. The highest BCUT2D eigenvalue weighted by Gasteiger charge is 2.44. The van der Waals surface area contributed by atoms with Gasteiger partial charge in [-0.25, -0.2) is 4.79 Å². The summed E-state index contributed by atoms with van der Waals surface area (Å²) < 4.78 is 0. The Hall–Kier alpha value is -1.14. The largest absolute Gasteiger partial charge is 0.394 e. The molecule has 1 atom stereocenters. The first-order valence-electron chi connectivity index (χ1n) is 4.31. The first-order chi connectivity index (χ1) is 6.38. The Morgan fingerprint density at radius 2 is 2.07 bits per heavy atom. The van der Waals surface area contributed by atoms with E-state index in [1.807, 2.05) is 0 Å². The van der Waals surface area contributed by atoms with Gasteiger partial charge in [0.25, 0.3) is 5.91 Å². The van der Waals surface area contributed by atoms with Crippen LogP contribution in [0.3, 0.4) is 0 Å². The van der Waals surface area contributed by atoms with E-state index in [0.717, 1.165) is 4.90 Å². The van der Waals surface area contributed by atoms with Crippen molar-refractivity contribution < 1.29 is 19.8 Å². The van der Waals surface area contributed by atoms with Gasteiger partial charge in [0.05, 0.1) is 19.3 Å². The van der Waals surface area contributed by atoms with Crippen molar-refractivity contribution in [3.8, 4) is 0 Å². The van der Waals surface area contributed by atoms with Gasteiger partial charge in [-0.3, -0.25) is 9.69 Å². The van der Waals surface area contributed by atoms with Crippen molar-refractivity contribution in [2.24, 2.45) is 0 Å². The summed E-state index contributed by atoms with van der Waals surface area (Å²) in [5.41, 5.74) is -0.924. The van der Waals surface area contributed by atoms with Gasteiger partial charge in [-0.2, -0.15) is 0 Å². The van der Waals surface area contributed by atoms with Crippen molar-refractivity contribution in [3.05, 3.63) is 0 Å². The van der Waals surface area contributed by atoms with Gasteiger partial charge in [0.2, 0.25) is 0 Å². The summed E-state index contributed by atoms with van der Waals surface area (Å²) in [6, 6.07) is -0.535. The number of urea groups is 1. The molecule has 1 fully saturated rings. The molecule has 1 saturated heterocycles. The van der Waals surface area contributed by atoms with Crippen LogP contribution in [0.4, 0.5) is 4.79 Å². The van der Waals surface area contributed by atoms with Crippen LogP contribution >= 0.6 is 0 Å². The molecule has 1 heterocycles. The first-order valence-corrected chi connectivity index (χ1v) is 4.31. The minimum atomic E-state index is -1.08. The standard InChI is InChI=1S/C8H14N2O4/c1-8(2)6(13)10(7(14)9-8)3-5(12)4-11/h5,11-12H,3-4H2,1-2H3,(H,9,14). The maximum absolute atomic E-state index is 11.5. The molecule has 0 spiro atoms. The lowest BCUT2D eigenvalue weighted by atomic mass is 10.1. The zero-order valence-corrected chi connectivity index (χ0v) is 8.15. The fraction of sp³-hybridized carbons (Fsp3) is 0.750. The van der Waals surface area contributed by atoms with Crippen LogP contribution in [0.25, 0.3) is 0 Å². The Balaban J connectivity index is 2.71. The summed E-state index contributed by atoms with van der Waals surface area (Å²) in [5.74, 6) is -0.394. The summed E-state index contributed by atoms with van der Waals surface area (Å²) in [5, 5.41) is 20.1. The number of nitrogens with one attached hydrogen (secondary N) is 1. The summed E-state index contributed by atoms with van der Waals surface area (Å²) in [6.07, 6.45) is -1.08. The van der Waals surface area contributed by atoms with E-state index in [1.54, 1.807) is 13.8 Å². The van der Waals surface area contributed by atoms with E-state index in [9.17, 15) is 9.59 Å². The molecule has 0 aromatic carbocycles. The monoisotopic (exact) mass is 202 g/mol. The topological polar surface area (TPSA) is 89.9 Å². The van der Waals surface area contributed by atoms with Gasteiger partial charge in [-0.05, 0) is 13.8 Å². The summed E-state index contributed by atoms with van der Waals surface area (Å²) in [4.78, 5) is 23.7. The molecule has 0 aliphatic carbocycles. The molecule has 3 N–H and O–H groups in total. The molecule has 3 amide bonds. The van der Waals surface area contributed by atoms with Gasteiger partial charge in [-0.1, -0.05) is 0 Å². The van der Waals surface area contributed by atoms with Crippen molar-refractivity contribution in [3.63, 3.8) is 0 Å². The lowest BCUT2D eigenvalue weighted by Crippen LogP contribution is -2.42. The quantitative estimate of drug-likeness (QED) is 0.495. The molecule has 1 aliphatic heterocycles. The van der Waals surface area contributed by atoms with E-state index < -0.39 is 30.2 Å². The number of carbonyl (C=O) groups excluding carboxylic acids is 2. The van der Waals surface area contributed by atoms with Gasteiger partial charge >= 0.3 is 6.03 Å². The van der Waals surface area contributed by atoms with Crippen molar-refractivity contribution in [1.82, 2.24) is 10.2 Å². The highest BCUT2D eigenvalue weighted by Crippen LogP contribution is 2.16. The number of carbonyl (C=O) groups is 2. The minimum absolute atomic E-state index is 0.176. The number of imide groups is 1. The zero-order valence-electron chi connectivity index (χ0n) is 8.15. The van der Waals surface area contributed by atoms with Gasteiger partial charge in [0.15, 0.2) is 0 Å². The lowest BCUT2D eigenvalue weighted by Gasteiger charge is -2.17. The number of aliphatic hydroxyl groups is 2. The third kappa shape index (κ3) is 1.85. The molecule has 80 valence electrons. The molecule has 1 rings (SSSR count). The minimum Gasteiger partial charge on any atom is -0.394 e. The first kappa shape index (κ1) is 10.9. The second-order valence-corrected chi connectivity index (χ2v) is 3.81. The number of rotatable bonds is 3. The van der Waals surface area contributed by atoms with Crippen LogP contribution in [0.2, 0.25) is 0 Å². The molecule has 0 radical (unpaired) electrons. The summed E-state index contributed by atoms with van der Waals surface area (Å²) >= 11 is 0. The van der Waals surface area contributed by atoms with Gasteiger partial charge in [0, 0.05) is 0 Å². The number of nitrogens with zero attached hydrogens (tertiary/aromatic N) is 1. The predicted molar refractivity (Wildman–Crippen MR) is 47.4 cm³/mol. The number of hydrogen-bond acceptors (Lipinski definition) is 4. The molecule has 0 aromatic heterocycles. The molecular formula is C8H14N2O4. The second kappa shape index (κ2) is 3.55. The maximum atomic E-state index is 11.5. The van der Waals surface area contributed by atoms with E-state index >= 15 is 0 Å². The van der Waals surface area contributed by atoms with E-state index in [2.05, 4.69) is 5.32 Å². The Bertz CT molecular complexity index is 264. The predicted octanol–water partition coefficient (Wildman–Crippen LogP) is -1.33. The highest BCUT2D eigenvalue weighted by molar-refractivity contribution is 6.06. The van der Waals surface area contributed by atoms with Gasteiger partial charge < -0.3 is 15.5 Å². The fourth-order valence-corrected chi connectivity index (χ4v) is 1.25. The summed E-state index contributed by atoms with van der Waals surface area (Å²) in [7, 11) is 0. The van der Waals surface area contributed by atoms with E-state index in [1.165, 1.54) is 0 Å². The van der Waals surface area contributed by atoms with Crippen molar-refractivity contribution in [2.75, 3.05) is 13.2 Å². The normalized spacial score (nSPS) is 22.4. The lowest BCUT2D eigenvalue weighted by molar-refractivity contribution is -0.131.